The van der Waals surface area contributed by atoms with Crippen LogP contribution in [0, 0.1) is 0 Å². The zero-order chi connectivity index (χ0) is 14.5. The first-order valence-corrected chi connectivity index (χ1v) is 7.30. The number of carbonyl (C=O) groups excluding carboxylic acids is 1. The van der Waals surface area contributed by atoms with Gasteiger partial charge in [0.15, 0.2) is 0 Å². The van der Waals surface area contributed by atoms with Crippen molar-refractivity contribution in [3.8, 4) is 0 Å². The summed E-state index contributed by atoms with van der Waals surface area (Å²) in [7, 11) is 0. The molecule has 1 aromatic carbocycles. The van der Waals surface area contributed by atoms with Gasteiger partial charge in [-0.15, -0.1) is 10.2 Å². The third kappa shape index (κ3) is 3.84. The Morgan fingerprint density at radius 1 is 1.20 bits per heavy atom. The maximum atomic E-state index is 12.0. The predicted octanol–water partition coefficient (Wildman–Crippen LogP) is 3.31. The van der Waals surface area contributed by atoms with E-state index >= 15 is 0 Å². The number of anilines is 1. The molecule has 20 heavy (non-hydrogen) atoms. The van der Waals surface area contributed by atoms with Gasteiger partial charge in [0.05, 0.1) is 5.25 Å². The van der Waals surface area contributed by atoms with Gasteiger partial charge >= 0.3 is 0 Å². The highest BCUT2D eigenvalue weighted by Gasteiger charge is 2.19. The van der Waals surface area contributed by atoms with Gasteiger partial charge in [0.25, 0.3) is 5.22 Å². The molecule has 0 aliphatic rings. The number of aromatic nitrogens is 2. The van der Waals surface area contributed by atoms with E-state index in [0.717, 1.165) is 5.69 Å². The van der Waals surface area contributed by atoms with Gasteiger partial charge in [0.2, 0.25) is 11.8 Å². The molecule has 1 aromatic heterocycles. The first-order valence-electron chi connectivity index (χ1n) is 6.42. The average Bonchev–Trinajstić information content (AvgIpc) is 2.88. The molecule has 0 saturated heterocycles. The minimum atomic E-state index is -0.310. The Bertz CT molecular complexity index is 569. The molecule has 1 N–H and O–H groups in total. The van der Waals surface area contributed by atoms with Crippen molar-refractivity contribution in [3.05, 3.63) is 36.2 Å². The molecule has 0 saturated carbocycles. The summed E-state index contributed by atoms with van der Waals surface area (Å²) in [5.41, 5.74) is 0.776. The van der Waals surface area contributed by atoms with E-state index in [4.69, 9.17) is 4.42 Å². The summed E-state index contributed by atoms with van der Waals surface area (Å²) in [4.78, 5) is 12.0. The fraction of sp³-hybridized carbons (Fsp3) is 0.357. The lowest BCUT2D eigenvalue weighted by atomic mass is 10.2. The van der Waals surface area contributed by atoms with Crippen molar-refractivity contribution in [1.29, 1.82) is 0 Å². The molecular weight excluding hydrogens is 274 g/mol. The molecule has 2 rings (SSSR count). The standard InChI is InChI=1S/C14H17N3O2S/c1-9(2)13-16-17-14(19-13)20-10(3)12(18)15-11-7-5-4-6-8-11/h4-10H,1-3H3,(H,15,18). The first-order chi connectivity index (χ1) is 9.56. The van der Waals surface area contributed by atoms with Gasteiger partial charge in [-0.25, -0.2) is 0 Å². The Morgan fingerprint density at radius 3 is 2.50 bits per heavy atom. The third-order valence-corrected chi connectivity index (χ3v) is 3.54. The molecule has 0 fully saturated rings. The molecule has 0 radical (unpaired) electrons. The molecule has 1 unspecified atom stereocenters. The number of benzene rings is 1. The van der Waals surface area contributed by atoms with Gasteiger partial charge in [-0.05, 0) is 19.1 Å². The highest BCUT2D eigenvalue weighted by Crippen LogP contribution is 2.24. The van der Waals surface area contributed by atoms with Crippen LogP contribution < -0.4 is 5.32 Å². The van der Waals surface area contributed by atoms with Crippen LogP contribution in [-0.2, 0) is 4.79 Å². The lowest BCUT2D eigenvalue weighted by Gasteiger charge is -2.09. The van der Waals surface area contributed by atoms with E-state index in [0.29, 0.717) is 11.1 Å². The predicted molar refractivity (Wildman–Crippen MR) is 78.8 cm³/mol. The number of hydrogen-bond donors (Lipinski definition) is 1. The number of thioether (sulfide) groups is 1. The first kappa shape index (κ1) is 14.6. The van der Waals surface area contributed by atoms with Crippen LogP contribution in [-0.4, -0.2) is 21.4 Å². The maximum absolute atomic E-state index is 12.0. The second-order valence-corrected chi connectivity index (χ2v) is 5.97. The number of rotatable bonds is 5. The zero-order valence-electron chi connectivity index (χ0n) is 11.7. The largest absolute Gasteiger partial charge is 0.416 e. The van der Waals surface area contributed by atoms with Crippen LogP contribution in [0.3, 0.4) is 0 Å². The van der Waals surface area contributed by atoms with Gasteiger partial charge < -0.3 is 9.73 Å². The van der Waals surface area contributed by atoms with Crippen LogP contribution in [0.5, 0.6) is 0 Å². The van der Waals surface area contributed by atoms with E-state index in [1.54, 1.807) is 0 Å². The number of carbonyl (C=O) groups is 1. The Morgan fingerprint density at radius 2 is 1.90 bits per heavy atom. The Hall–Kier alpha value is -1.82. The molecule has 0 aliphatic heterocycles. The molecule has 1 heterocycles. The average molecular weight is 291 g/mol. The number of hydrogen-bond acceptors (Lipinski definition) is 5. The van der Waals surface area contributed by atoms with E-state index in [-0.39, 0.29) is 17.1 Å². The topological polar surface area (TPSA) is 68.0 Å². The number of nitrogens with zero attached hydrogens (tertiary/aromatic N) is 2. The lowest BCUT2D eigenvalue weighted by molar-refractivity contribution is -0.115. The molecule has 0 bridgehead atoms. The summed E-state index contributed by atoms with van der Waals surface area (Å²) in [5.74, 6) is 0.680. The van der Waals surface area contributed by atoms with Crippen molar-refractivity contribution in [3.63, 3.8) is 0 Å². The smallest absolute Gasteiger partial charge is 0.277 e. The number of nitrogens with one attached hydrogen (secondary N) is 1. The molecule has 2 aromatic rings. The highest BCUT2D eigenvalue weighted by atomic mass is 32.2. The number of para-hydroxylation sites is 1. The lowest BCUT2D eigenvalue weighted by Crippen LogP contribution is -2.22. The van der Waals surface area contributed by atoms with Crippen molar-refractivity contribution >= 4 is 23.4 Å². The van der Waals surface area contributed by atoms with Crippen molar-refractivity contribution in [2.45, 2.75) is 37.2 Å². The molecule has 6 heteroatoms. The SMILES string of the molecule is CC(Sc1nnc(C(C)C)o1)C(=O)Nc1ccccc1. The fourth-order valence-corrected chi connectivity index (χ4v) is 2.16. The van der Waals surface area contributed by atoms with Crippen molar-refractivity contribution in [2.75, 3.05) is 5.32 Å². The molecule has 5 nitrogen and oxygen atoms in total. The normalized spacial score (nSPS) is 12.4. The molecule has 1 atom stereocenters. The zero-order valence-corrected chi connectivity index (χ0v) is 12.5. The minimum Gasteiger partial charge on any atom is -0.416 e. The number of amides is 1. The van der Waals surface area contributed by atoms with Crippen LogP contribution in [0.2, 0.25) is 0 Å². The van der Waals surface area contributed by atoms with Crippen LogP contribution in [0.4, 0.5) is 5.69 Å². The fourth-order valence-electron chi connectivity index (χ4n) is 1.47. The van der Waals surface area contributed by atoms with Crippen LogP contribution in [0.15, 0.2) is 40.0 Å². The molecule has 1 amide bonds. The van der Waals surface area contributed by atoms with Crippen LogP contribution in [0.1, 0.15) is 32.6 Å². The molecule has 0 spiro atoms. The van der Waals surface area contributed by atoms with Crippen molar-refractivity contribution in [1.82, 2.24) is 10.2 Å². The van der Waals surface area contributed by atoms with E-state index in [1.165, 1.54) is 11.8 Å². The van der Waals surface area contributed by atoms with Crippen LogP contribution >= 0.6 is 11.8 Å². The minimum absolute atomic E-state index is 0.0921. The molecule has 106 valence electrons. The maximum Gasteiger partial charge on any atom is 0.277 e. The van der Waals surface area contributed by atoms with Gasteiger partial charge in [-0.1, -0.05) is 43.8 Å². The second-order valence-electron chi connectivity index (χ2n) is 4.68. The molecule has 0 aliphatic carbocycles. The summed E-state index contributed by atoms with van der Waals surface area (Å²) in [6, 6.07) is 9.35. The highest BCUT2D eigenvalue weighted by molar-refractivity contribution is 8.00. The Balaban J connectivity index is 1.93. The van der Waals surface area contributed by atoms with Crippen LogP contribution in [0.25, 0.3) is 0 Å². The van der Waals surface area contributed by atoms with Gasteiger partial charge in [0, 0.05) is 11.6 Å². The summed E-state index contributed by atoms with van der Waals surface area (Å²) < 4.78 is 5.48. The quantitative estimate of drug-likeness (QED) is 0.856. The summed E-state index contributed by atoms with van der Waals surface area (Å²) in [5, 5.41) is 10.8. The van der Waals surface area contributed by atoms with Crippen molar-refractivity contribution < 1.29 is 9.21 Å². The Kier molecular flexibility index (Phi) is 4.79. The Labute approximate surface area is 122 Å². The van der Waals surface area contributed by atoms with E-state index < -0.39 is 0 Å². The molecular formula is C14H17N3O2S. The summed E-state index contributed by atoms with van der Waals surface area (Å²) in [6.07, 6.45) is 0. The monoisotopic (exact) mass is 291 g/mol. The van der Waals surface area contributed by atoms with E-state index in [2.05, 4.69) is 15.5 Å². The third-order valence-electron chi connectivity index (χ3n) is 2.60. The van der Waals surface area contributed by atoms with Crippen molar-refractivity contribution in [2.24, 2.45) is 0 Å². The van der Waals surface area contributed by atoms with Gasteiger partial charge in [-0.3, -0.25) is 4.79 Å². The second kappa shape index (κ2) is 6.56. The van der Waals surface area contributed by atoms with Gasteiger partial charge in [0.1, 0.15) is 0 Å². The summed E-state index contributed by atoms with van der Waals surface area (Å²) in [6.45, 7) is 5.77. The van der Waals surface area contributed by atoms with E-state index in [9.17, 15) is 4.79 Å². The summed E-state index contributed by atoms with van der Waals surface area (Å²) >= 11 is 1.26. The van der Waals surface area contributed by atoms with E-state index in [1.807, 2.05) is 51.1 Å². The van der Waals surface area contributed by atoms with Gasteiger partial charge in [-0.2, -0.15) is 0 Å².